The van der Waals surface area contributed by atoms with Gasteiger partial charge in [0.25, 0.3) is 0 Å². The lowest BCUT2D eigenvalue weighted by atomic mass is 9.93. The lowest BCUT2D eigenvalue weighted by Gasteiger charge is -2.45. The highest BCUT2D eigenvalue weighted by molar-refractivity contribution is 4.97. The number of nitrogens with one attached hydrogen (secondary N) is 2. The minimum absolute atomic E-state index is 0.280. The first-order valence-electron chi connectivity index (χ1n) is 5.77. The van der Waals surface area contributed by atoms with E-state index >= 15 is 0 Å². The summed E-state index contributed by atoms with van der Waals surface area (Å²) in [6, 6.07) is 0. The maximum atomic E-state index is 3.61. The topological polar surface area (TPSA) is 27.3 Å². The Morgan fingerprint density at radius 2 is 1.50 bits per heavy atom. The molecule has 0 unspecified atom stereocenters. The van der Waals surface area contributed by atoms with Crippen molar-refractivity contribution < 1.29 is 0 Å². The SMILES string of the molecule is CC(C)(C)N1CCC2(CC1)NCCN2. The second-order valence-electron chi connectivity index (χ2n) is 5.59. The van der Waals surface area contributed by atoms with Crippen molar-refractivity contribution in [3.63, 3.8) is 0 Å². The number of hydrogen-bond donors (Lipinski definition) is 2. The van der Waals surface area contributed by atoms with Crippen LogP contribution >= 0.6 is 0 Å². The second-order valence-corrected chi connectivity index (χ2v) is 5.59. The fraction of sp³-hybridized carbons (Fsp3) is 1.00. The van der Waals surface area contributed by atoms with Gasteiger partial charge in [0.1, 0.15) is 0 Å². The van der Waals surface area contributed by atoms with Crippen LogP contribution in [0.4, 0.5) is 0 Å². The van der Waals surface area contributed by atoms with Gasteiger partial charge < -0.3 is 0 Å². The highest BCUT2D eigenvalue weighted by Crippen LogP contribution is 2.26. The Labute approximate surface area is 87.2 Å². The molecule has 0 aromatic carbocycles. The van der Waals surface area contributed by atoms with Crippen LogP contribution in [0.2, 0.25) is 0 Å². The molecule has 2 aliphatic rings. The largest absolute Gasteiger partial charge is 0.298 e. The van der Waals surface area contributed by atoms with E-state index in [2.05, 4.69) is 36.3 Å². The zero-order valence-corrected chi connectivity index (χ0v) is 9.69. The van der Waals surface area contributed by atoms with Crippen LogP contribution < -0.4 is 10.6 Å². The van der Waals surface area contributed by atoms with Gasteiger partial charge in [0.15, 0.2) is 0 Å². The Morgan fingerprint density at radius 3 is 1.93 bits per heavy atom. The molecule has 82 valence electrons. The van der Waals surface area contributed by atoms with Gasteiger partial charge in [-0.3, -0.25) is 15.5 Å². The summed E-state index contributed by atoms with van der Waals surface area (Å²) in [6.45, 7) is 11.6. The molecule has 2 N–H and O–H groups in total. The molecule has 2 rings (SSSR count). The van der Waals surface area contributed by atoms with Gasteiger partial charge in [-0.2, -0.15) is 0 Å². The summed E-state index contributed by atoms with van der Waals surface area (Å²) < 4.78 is 0. The summed E-state index contributed by atoms with van der Waals surface area (Å²) in [4.78, 5) is 2.58. The van der Waals surface area contributed by atoms with Gasteiger partial charge in [-0.25, -0.2) is 0 Å². The minimum atomic E-state index is 0.280. The fourth-order valence-electron chi connectivity index (χ4n) is 2.58. The summed E-state index contributed by atoms with van der Waals surface area (Å²) in [5.41, 5.74) is 0.613. The molecule has 0 amide bonds. The predicted molar refractivity (Wildman–Crippen MR) is 59.3 cm³/mol. The molecule has 0 aromatic rings. The molecule has 0 atom stereocenters. The first-order chi connectivity index (χ1) is 6.52. The Kier molecular flexibility index (Phi) is 2.58. The van der Waals surface area contributed by atoms with Crippen molar-refractivity contribution in [3.8, 4) is 0 Å². The van der Waals surface area contributed by atoms with Gasteiger partial charge in [0.2, 0.25) is 0 Å². The van der Waals surface area contributed by atoms with E-state index in [1.54, 1.807) is 0 Å². The molecule has 0 aromatic heterocycles. The van der Waals surface area contributed by atoms with Crippen molar-refractivity contribution in [2.24, 2.45) is 0 Å². The van der Waals surface area contributed by atoms with E-state index in [9.17, 15) is 0 Å². The van der Waals surface area contributed by atoms with Gasteiger partial charge in [-0.15, -0.1) is 0 Å². The third-order valence-electron chi connectivity index (χ3n) is 3.62. The van der Waals surface area contributed by atoms with Crippen LogP contribution in [-0.2, 0) is 0 Å². The van der Waals surface area contributed by atoms with Gasteiger partial charge in [-0.05, 0) is 33.6 Å². The molecular formula is C11H23N3. The number of hydrogen-bond acceptors (Lipinski definition) is 3. The number of likely N-dealkylation sites (tertiary alicyclic amines) is 1. The molecule has 0 bridgehead atoms. The maximum Gasteiger partial charge on any atom is 0.0712 e. The minimum Gasteiger partial charge on any atom is -0.298 e. The van der Waals surface area contributed by atoms with Crippen LogP contribution in [0.25, 0.3) is 0 Å². The monoisotopic (exact) mass is 197 g/mol. The van der Waals surface area contributed by atoms with E-state index < -0.39 is 0 Å². The zero-order chi connectivity index (χ0) is 10.2. The van der Waals surface area contributed by atoms with Crippen molar-refractivity contribution in [1.82, 2.24) is 15.5 Å². The average Bonchev–Trinajstić information content (AvgIpc) is 2.53. The normalized spacial score (nSPS) is 28.5. The van der Waals surface area contributed by atoms with Crippen LogP contribution in [0.1, 0.15) is 33.6 Å². The Morgan fingerprint density at radius 1 is 1.00 bits per heavy atom. The summed E-state index contributed by atoms with van der Waals surface area (Å²) in [6.07, 6.45) is 2.48. The standard InChI is InChI=1S/C11H23N3/c1-10(2,3)14-8-4-11(5-9-14)12-6-7-13-11/h12-13H,4-9H2,1-3H3. The molecule has 14 heavy (non-hydrogen) atoms. The summed E-state index contributed by atoms with van der Waals surface area (Å²) >= 11 is 0. The summed E-state index contributed by atoms with van der Waals surface area (Å²) in [5.74, 6) is 0. The lowest BCUT2D eigenvalue weighted by Crippen LogP contribution is -2.59. The first kappa shape index (κ1) is 10.4. The van der Waals surface area contributed by atoms with E-state index in [0.29, 0.717) is 5.54 Å². The molecule has 1 spiro atoms. The number of rotatable bonds is 0. The summed E-state index contributed by atoms with van der Waals surface area (Å²) in [5, 5.41) is 7.21. The van der Waals surface area contributed by atoms with Crippen molar-refractivity contribution in [1.29, 1.82) is 0 Å². The quantitative estimate of drug-likeness (QED) is 0.600. The van der Waals surface area contributed by atoms with E-state index in [4.69, 9.17) is 0 Å². The Balaban J connectivity index is 1.92. The lowest BCUT2D eigenvalue weighted by molar-refractivity contribution is 0.0624. The van der Waals surface area contributed by atoms with E-state index in [1.165, 1.54) is 25.9 Å². The predicted octanol–water partition coefficient (Wildman–Crippen LogP) is 0.770. The van der Waals surface area contributed by atoms with Crippen LogP contribution in [0.15, 0.2) is 0 Å². The van der Waals surface area contributed by atoms with Crippen molar-refractivity contribution in [2.75, 3.05) is 26.2 Å². The third kappa shape index (κ3) is 1.95. The van der Waals surface area contributed by atoms with Gasteiger partial charge in [0, 0.05) is 31.7 Å². The van der Waals surface area contributed by atoms with Crippen LogP contribution in [-0.4, -0.2) is 42.3 Å². The first-order valence-corrected chi connectivity index (χ1v) is 5.77. The van der Waals surface area contributed by atoms with Crippen LogP contribution in [0, 0.1) is 0 Å². The molecule has 2 heterocycles. The molecule has 0 radical (unpaired) electrons. The maximum absolute atomic E-state index is 3.61. The molecule has 3 nitrogen and oxygen atoms in total. The van der Waals surface area contributed by atoms with Gasteiger partial charge in [-0.1, -0.05) is 0 Å². The molecular weight excluding hydrogens is 174 g/mol. The Hall–Kier alpha value is -0.120. The molecule has 3 heteroatoms. The molecule has 0 aliphatic carbocycles. The van der Waals surface area contributed by atoms with Crippen LogP contribution in [0.3, 0.4) is 0 Å². The fourth-order valence-corrected chi connectivity index (χ4v) is 2.58. The molecule has 2 saturated heterocycles. The summed E-state index contributed by atoms with van der Waals surface area (Å²) in [7, 11) is 0. The third-order valence-corrected chi connectivity index (χ3v) is 3.62. The zero-order valence-electron chi connectivity index (χ0n) is 9.69. The highest BCUT2D eigenvalue weighted by Gasteiger charge is 2.38. The van der Waals surface area contributed by atoms with E-state index in [0.717, 1.165) is 13.1 Å². The average molecular weight is 197 g/mol. The highest BCUT2D eigenvalue weighted by atomic mass is 15.3. The number of piperidine rings is 1. The van der Waals surface area contributed by atoms with Gasteiger partial charge >= 0.3 is 0 Å². The number of nitrogens with zero attached hydrogens (tertiary/aromatic N) is 1. The van der Waals surface area contributed by atoms with Crippen molar-refractivity contribution in [2.45, 2.75) is 44.8 Å². The second kappa shape index (κ2) is 3.47. The Bertz CT molecular complexity index is 191. The molecule has 2 fully saturated rings. The van der Waals surface area contributed by atoms with Crippen LogP contribution in [0.5, 0.6) is 0 Å². The van der Waals surface area contributed by atoms with Gasteiger partial charge in [0.05, 0.1) is 5.66 Å². The van der Waals surface area contributed by atoms with Crippen molar-refractivity contribution >= 4 is 0 Å². The van der Waals surface area contributed by atoms with E-state index in [1.807, 2.05) is 0 Å². The molecule has 0 saturated carbocycles. The molecule has 2 aliphatic heterocycles. The van der Waals surface area contributed by atoms with E-state index in [-0.39, 0.29) is 5.66 Å². The van der Waals surface area contributed by atoms with Crippen molar-refractivity contribution in [3.05, 3.63) is 0 Å². The smallest absolute Gasteiger partial charge is 0.0712 e.